The van der Waals surface area contributed by atoms with Gasteiger partial charge in [0.2, 0.25) is 0 Å². The minimum Gasteiger partial charge on any atom is -0.378 e. The number of carbonyl (C=O) groups is 1. The number of aromatic nitrogens is 2. The zero-order valence-electron chi connectivity index (χ0n) is 19.0. The highest BCUT2D eigenvalue weighted by Crippen LogP contribution is 2.30. The Morgan fingerprint density at radius 3 is 2.58 bits per heavy atom. The van der Waals surface area contributed by atoms with E-state index in [9.17, 15) is 9.18 Å². The molecule has 174 valence electrons. The van der Waals surface area contributed by atoms with Crippen molar-refractivity contribution in [2.24, 2.45) is 0 Å². The molecule has 2 saturated heterocycles. The summed E-state index contributed by atoms with van der Waals surface area (Å²) in [7, 11) is 0. The molecular weight excluding hydrogens is 419 g/mol. The van der Waals surface area contributed by atoms with E-state index in [1.54, 1.807) is 0 Å². The highest BCUT2D eigenvalue weighted by atomic mass is 19.1. The molecule has 6 nitrogen and oxygen atoms in total. The molecule has 3 atom stereocenters. The number of carbonyl (C=O) groups excluding carboxylic acids is 1. The molecule has 0 spiro atoms. The summed E-state index contributed by atoms with van der Waals surface area (Å²) in [4.78, 5) is 15.7. The maximum atomic E-state index is 13.3. The summed E-state index contributed by atoms with van der Waals surface area (Å²) in [6.07, 6.45) is 3.77. The van der Waals surface area contributed by atoms with Gasteiger partial charge in [-0.05, 0) is 43.0 Å². The van der Waals surface area contributed by atoms with Crippen molar-refractivity contribution in [1.82, 2.24) is 20.0 Å². The van der Waals surface area contributed by atoms with E-state index >= 15 is 0 Å². The van der Waals surface area contributed by atoms with Gasteiger partial charge < -0.3 is 10.1 Å². The summed E-state index contributed by atoms with van der Waals surface area (Å²) in [5.41, 5.74) is 2.62. The first-order valence-corrected chi connectivity index (χ1v) is 12.0. The molecule has 0 aliphatic carbocycles. The maximum Gasteiger partial charge on any atom is 0.272 e. The Balaban J connectivity index is 1.29. The number of unbranched alkanes of at least 4 members (excludes halogenated alkanes) is 1. The quantitative estimate of drug-likeness (QED) is 0.588. The number of amides is 1. The zero-order valence-corrected chi connectivity index (χ0v) is 19.0. The first kappa shape index (κ1) is 22.0. The molecule has 2 aliphatic heterocycles. The molecule has 3 heterocycles. The van der Waals surface area contributed by atoms with Crippen LogP contribution in [-0.2, 0) is 17.8 Å². The number of nitrogens with zero attached hydrogens (tertiary/aromatic N) is 3. The normalized spacial score (nSPS) is 23.0. The molecule has 2 bridgehead atoms. The Kier molecular flexibility index (Phi) is 6.42. The van der Waals surface area contributed by atoms with Crippen LogP contribution in [-0.4, -0.2) is 51.9 Å². The molecule has 7 heteroatoms. The summed E-state index contributed by atoms with van der Waals surface area (Å²) in [6, 6.07) is 15.2. The largest absolute Gasteiger partial charge is 0.378 e. The van der Waals surface area contributed by atoms with Gasteiger partial charge in [0.05, 0.1) is 18.7 Å². The summed E-state index contributed by atoms with van der Waals surface area (Å²) < 4.78 is 21.1. The van der Waals surface area contributed by atoms with E-state index < -0.39 is 0 Å². The minimum absolute atomic E-state index is 0.0837. The lowest BCUT2D eigenvalue weighted by atomic mass is 9.89. The number of para-hydroxylation sites is 1. The van der Waals surface area contributed by atoms with E-state index in [2.05, 4.69) is 22.2 Å². The molecule has 33 heavy (non-hydrogen) atoms. The fraction of sp³-hybridized carbons (Fsp3) is 0.462. The van der Waals surface area contributed by atoms with Crippen molar-refractivity contribution >= 4 is 16.8 Å². The molecule has 1 unspecified atom stereocenters. The Hall–Kier alpha value is -2.77. The molecule has 2 aliphatic rings. The van der Waals surface area contributed by atoms with Gasteiger partial charge in [0.1, 0.15) is 5.82 Å². The van der Waals surface area contributed by atoms with Gasteiger partial charge >= 0.3 is 0 Å². The minimum atomic E-state index is -0.214. The number of fused-ring (bicyclic) bond motifs is 3. The molecule has 3 aromatic rings. The molecule has 2 fully saturated rings. The number of benzene rings is 2. The number of nitrogens with one attached hydrogen (secondary N) is 1. The van der Waals surface area contributed by atoms with Crippen LogP contribution in [0.4, 0.5) is 4.39 Å². The van der Waals surface area contributed by atoms with Crippen molar-refractivity contribution in [3.8, 4) is 0 Å². The van der Waals surface area contributed by atoms with Crippen LogP contribution in [0.3, 0.4) is 0 Å². The van der Waals surface area contributed by atoms with Gasteiger partial charge in [-0.15, -0.1) is 0 Å². The van der Waals surface area contributed by atoms with E-state index in [1.165, 1.54) is 12.1 Å². The number of rotatable bonds is 7. The van der Waals surface area contributed by atoms with Gasteiger partial charge in [-0.3, -0.25) is 14.4 Å². The van der Waals surface area contributed by atoms with Crippen molar-refractivity contribution < 1.29 is 13.9 Å². The van der Waals surface area contributed by atoms with E-state index in [0.29, 0.717) is 18.9 Å². The number of piperidine rings is 1. The van der Waals surface area contributed by atoms with Crippen molar-refractivity contribution in [3.05, 3.63) is 65.6 Å². The monoisotopic (exact) mass is 450 g/mol. The van der Waals surface area contributed by atoms with Crippen LogP contribution in [0.5, 0.6) is 0 Å². The van der Waals surface area contributed by atoms with Gasteiger partial charge in [-0.2, -0.15) is 5.10 Å². The van der Waals surface area contributed by atoms with Gasteiger partial charge in [-0.25, -0.2) is 4.39 Å². The predicted molar refractivity (Wildman–Crippen MR) is 125 cm³/mol. The Morgan fingerprint density at radius 2 is 1.85 bits per heavy atom. The summed E-state index contributed by atoms with van der Waals surface area (Å²) in [6.45, 7) is 5.04. The third-order valence-electron chi connectivity index (χ3n) is 6.88. The van der Waals surface area contributed by atoms with Crippen LogP contribution >= 0.6 is 0 Å². The van der Waals surface area contributed by atoms with Crippen LogP contribution in [0.1, 0.15) is 48.7 Å². The molecular formula is C26H31FN4O2. The van der Waals surface area contributed by atoms with Crippen LogP contribution in [0.15, 0.2) is 48.5 Å². The molecule has 1 N–H and O–H groups in total. The second kappa shape index (κ2) is 9.61. The van der Waals surface area contributed by atoms with Crippen molar-refractivity contribution in [1.29, 1.82) is 0 Å². The second-order valence-corrected chi connectivity index (χ2v) is 9.23. The standard InChI is InChI=1S/C26H31FN4O2/c1-2-3-12-31-24-7-5-4-6-23(24)25(29-31)26(32)28-20-13-21-16-33-17-22(14-20)30(21)15-18-8-10-19(27)11-9-18/h4-11,20-22H,2-3,12-17H2,1H3,(H,28,32)/t20?,21-,22+. The number of ether oxygens (including phenoxy) is 1. The van der Waals surface area contributed by atoms with E-state index in [0.717, 1.165) is 55.2 Å². The predicted octanol–water partition coefficient (Wildman–Crippen LogP) is 4.14. The molecule has 2 aromatic carbocycles. The fourth-order valence-electron chi connectivity index (χ4n) is 5.19. The SMILES string of the molecule is CCCCn1nc(C(=O)NC2C[C@H]3COC[C@@H](C2)N3Cc2ccc(F)cc2)c2ccccc21. The molecule has 1 amide bonds. The van der Waals surface area contributed by atoms with E-state index in [-0.39, 0.29) is 29.8 Å². The van der Waals surface area contributed by atoms with Crippen molar-refractivity contribution in [2.75, 3.05) is 13.2 Å². The molecule has 0 radical (unpaired) electrons. The zero-order chi connectivity index (χ0) is 22.8. The van der Waals surface area contributed by atoms with Gasteiger partial charge in [0.15, 0.2) is 5.69 Å². The average Bonchev–Trinajstić information content (AvgIpc) is 3.18. The van der Waals surface area contributed by atoms with Crippen LogP contribution < -0.4 is 5.32 Å². The average molecular weight is 451 g/mol. The van der Waals surface area contributed by atoms with Gasteiger partial charge in [0, 0.05) is 36.6 Å². The van der Waals surface area contributed by atoms with E-state index in [1.807, 2.05) is 41.1 Å². The van der Waals surface area contributed by atoms with Gasteiger partial charge in [0.25, 0.3) is 5.91 Å². The summed E-state index contributed by atoms with van der Waals surface area (Å²) in [5, 5.41) is 8.86. The molecule has 5 rings (SSSR count). The van der Waals surface area contributed by atoms with Crippen LogP contribution in [0, 0.1) is 5.82 Å². The number of aryl methyl sites for hydroxylation is 1. The molecule has 0 saturated carbocycles. The molecule has 1 aromatic heterocycles. The van der Waals surface area contributed by atoms with Crippen LogP contribution in [0.2, 0.25) is 0 Å². The van der Waals surface area contributed by atoms with Crippen molar-refractivity contribution in [2.45, 2.75) is 63.8 Å². The third kappa shape index (κ3) is 4.66. The van der Waals surface area contributed by atoms with E-state index in [4.69, 9.17) is 4.74 Å². The first-order chi connectivity index (χ1) is 16.1. The van der Waals surface area contributed by atoms with Gasteiger partial charge in [-0.1, -0.05) is 43.7 Å². The van der Waals surface area contributed by atoms with Crippen molar-refractivity contribution in [3.63, 3.8) is 0 Å². The lowest BCUT2D eigenvalue weighted by Crippen LogP contribution is -2.60. The lowest BCUT2D eigenvalue weighted by Gasteiger charge is -2.48. The number of hydrogen-bond donors (Lipinski definition) is 1. The smallest absolute Gasteiger partial charge is 0.272 e. The highest BCUT2D eigenvalue weighted by molar-refractivity contribution is 6.05. The summed E-state index contributed by atoms with van der Waals surface area (Å²) in [5.74, 6) is -0.314. The van der Waals surface area contributed by atoms with Crippen LogP contribution in [0.25, 0.3) is 10.9 Å². The fourth-order valence-corrected chi connectivity index (χ4v) is 5.19. The maximum absolute atomic E-state index is 13.3. The Bertz CT molecular complexity index is 1100. The topological polar surface area (TPSA) is 59.4 Å². The lowest BCUT2D eigenvalue weighted by molar-refractivity contribution is -0.0843. The number of hydrogen-bond acceptors (Lipinski definition) is 4. The third-order valence-corrected chi connectivity index (χ3v) is 6.88. The Morgan fingerprint density at radius 1 is 1.12 bits per heavy atom. The number of halogens is 1. The first-order valence-electron chi connectivity index (χ1n) is 12.0. The summed E-state index contributed by atoms with van der Waals surface area (Å²) >= 11 is 0. The number of morpholine rings is 1. The highest BCUT2D eigenvalue weighted by Gasteiger charge is 2.39. The Labute approximate surface area is 193 Å². The second-order valence-electron chi connectivity index (χ2n) is 9.23.